The molecule has 1 aromatic carbocycles. The summed E-state index contributed by atoms with van der Waals surface area (Å²) < 4.78 is 45.4. The highest BCUT2D eigenvalue weighted by atomic mass is 19.2. The number of hydrogen-bond acceptors (Lipinski definition) is 2. The van der Waals surface area contributed by atoms with Crippen LogP contribution in [0.3, 0.4) is 0 Å². The minimum absolute atomic E-state index is 0.286. The van der Waals surface area contributed by atoms with Crippen LogP contribution < -0.4 is 5.43 Å². The van der Waals surface area contributed by atoms with Crippen LogP contribution in [0, 0.1) is 17.5 Å². The highest BCUT2D eigenvalue weighted by molar-refractivity contribution is 5.83. The van der Waals surface area contributed by atoms with Crippen molar-refractivity contribution in [3.05, 3.63) is 58.0 Å². The molecule has 18 heavy (non-hydrogen) atoms. The molecule has 0 fully saturated rings. The van der Waals surface area contributed by atoms with Crippen LogP contribution in [-0.4, -0.2) is 0 Å². The number of rotatable bonds is 0. The summed E-state index contributed by atoms with van der Waals surface area (Å²) in [5.41, 5.74) is -1.73. The maximum absolute atomic E-state index is 13.6. The first-order valence-corrected chi connectivity index (χ1v) is 5.08. The molecular weight excluding hydrogens is 245 g/mol. The van der Waals surface area contributed by atoms with Crippen LogP contribution in [0.15, 0.2) is 39.5 Å². The Morgan fingerprint density at radius 2 is 1.67 bits per heavy atom. The van der Waals surface area contributed by atoms with Crippen molar-refractivity contribution in [2.75, 3.05) is 0 Å². The maximum atomic E-state index is 13.6. The molecule has 2 nitrogen and oxygen atoms in total. The van der Waals surface area contributed by atoms with E-state index in [9.17, 15) is 18.0 Å². The quantitative estimate of drug-likeness (QED) is 0.452. The van der Waals surface area contributed by atoms with E-state index < -0.39 is 28.6 Å². The van der Waals surface area contributed by atoms with Gasteiger partial charge in [-0.05, 0) is 12.1 Å². The van der Waals surface area contributed by atoms with Gasteiger partial charge in [-0.15, -0.1) is 0 Å². The Morgan fingerprint density at radius 3 is 2.44 bits per heavy atom. The molecule has 0 saturated carbocycles. The lowest BCUT2D eigenvalue weighted by Crippen LogP contribution is -2.16. The fourth-order valence-corrected chi connectivity index (χ4v) is 1.82. The van der Waals surface area contributed by atoms with E-state index in [1.807, 2.05) is 0 Å². The largest absolute Gasteiger partial charge is 0.453 e. The molecule has 0 aromatic heterocycles. The average molecular weight is 250 g/mol. The van der Waals surface area contributed by atoms with E-state index in [1.165, 1.54) is 6.07 Å². The molecule has 5 heteroatoms. The van der Waals surface area contributed by atoms with Gasteiger partial charge in [0.2, 0.25) is 11.6 Å². The number of para-hydroxylation sites is 1. The highest BCUT2D eigenvalue weighted by Gasteiger charge is 2.25. The summed E-state index contributed by atoms with van der Waals surface area (Å²) in [5, 5.41) is 0.487. The van der Waals surface area contributed by atoms with Crippen molar-refractivity contribution in [3.8, 4) is 11.3 Å². The van der Waals surface area contributed by atoms with Gasteiger partial charge in [-0.3, -0.25) is 4.79 Å². The Balaban J connectivity index is 2.58. The molecule has 1 heterocycles. The van der Waals surface area contributed by atoms with Gasteiger partial charge in [-0.25, -0.2) is 4.39 Å². The van der Waals surface area contributed by atoms with E-state index in [2.05, 4.69) is 0 Å². The van der Waals surface area contributed by atoms with Crippen LogP contribution in [0.1, 0.15) is 0 Å². The molecule has 1 aliphatic heterocycles. The number of halogens is 3. The van der Waals surface area contributed by atoms with Crippen LogP contribution in [0.4, 0.5) is 13.2 Å². The van der Waals surface area contributed by atoms with Gasteiger partial charge >= 0.3 is 0 Å². The molecule has 90 valence electrons. The molecule has 0 unspecified atom stereocenters. The van der Waals surface area contributed by atoms with Crippen molar-refractivity contribution in [1.82, 2.24) is 0 Å². The van der Waals surface area contributed by atoms with Crippen molar-refractivity contribution < 1.29 is 17.6 Å². The van der Waals surface area contributed by atoms with Crippen molar-refractivity contribution in [1.29, 1.82) is 0 Å². The summed E-state index contributed by atoms with van der Waals surface area (Å²) in [7, 11) is 0. The zero-order valence-electron chi connectivity index (χ0n) is 8.84. The molecule has 0 bridgehead atoms. The van der Waals surface area contributed by atoms with E-state index >= 15 is 0 Å². The molecule has 0 radical (unpaired) electrons. The lowest BCUT2D eigenvalue weighted by Gasteiger charge is -2.08. The van der Waals surface area contributed by atoms with Crippen LogP contribution in [0.2, 0.25) is 0 Å². The topological polar surface area (TPSA) is 30.2 Å². The summed E-state index contributed by atoms with van der Waals surface area (Å²) in [6.07, 6.45) is 0. The van der Waals surface area contributed by atoms with Crippen molar-refractivity contribution in [2.45, 2.75) is 0 Å². The Bertz CT molecular complexity index is 792. The van der Waals surface area contributed by atoms with Crippen LogP contribution in [0.25, 0.3) is 22.3 Å². The van der Waals surface area contributed by atoms with Gasteiger partial charge in [0.05, 0.1) is 5.56 Å². The molecule has 0 saturated heterocycles. The summed E-state index contributed by atoms with van der Waals surface area (Å²) in [4.78, 5) is 11.1. The zero-order chi connectivity index (χ0) is 12.9. The minimum Gasteiger partial charge on any atom is -0.453 e. The van der Waals surface area contributed by atoms with Gasteiger partial charge in [-0.1, -0.05) is 18.2 Å². The highest BCUT2D eigenvalue weighted by Crippen LogP contribution is 2.31. The first-order chi connectivity index (χ1) is 8.59. The Labute approximate surface area is 98.6 Å². The molecule has 3 rings (SSSR count). The predicted molar refractivity (Wildman–Crippen MR) is 59.0 cm³/mol. The van der Waals surface area contributed by atoms with Crippen LogP contribution in [-0.2, 0) is 0 Å². The smallest absolute Gasteiger partial charge is 0.256 e. The van der Waals surface area contributed by atoms with Gasteiger partial charge in [0.1, 0.15) is 5.58 Å². The van der Waals surface area contributed by atoms with E-state index in [4.69, 9.17) is 4.42 Å². The fourth-order valence-electron chi connectivity index (χ4n) is 1.82. The minimum atomic E-state index is -1.73. The molecule has 1 aliphatic carbocycles. The second-order valence-corrected chi connectivity index (χ2v) is 3.80. The van der Waals surface area contributed by atoms with Crippen LogP contribution >= 0.6 is 0 Å². The number of hydrogen-bond donors (Lipinski definition) is 0. The summed E-state index contributed by atoms with van der Waals surface area (Å²) in [5.74, 6) is -5.12. The van der Waals surface area contributed by atoms with Crippen molar-refractivity contribution >= 4 is 11.0 Å². The lowest BCUT2D eigenvalue weighted by molar-refractivity contribution is 0.465. The third kappa shape index (κ3) is 1.33. The summed E-state index contributed by atoms with van der Waals surface area (Å²) in [6, 6.07) is 7.72. The third-order valence-electron chi connectivity index (χ3n) is 2.70. The zero-order valence-corrected chi connectivity index (χ0v) is 8.84. The van der Waals surface area contributed by atoms with Crippen molar-refractivity contribution in [2.24, 2.45) is 0 Å². The first-order valence-electron chi connectivity index (χ1n) is 5.08. The third-order valence-corrected chi connectivity index (χ3v) is 2.70. The normalized spacial score (nSPS) is 11.3. The number of fused-ring (bicyclic) bond motifs is 2. The van der Waals surface area contributed by atoms with Crippen molar-refractivity contribution in [3.63, 3.8) is 0 Å². The number of benzene rings is 2. The van der Waals surface area contributed by atoms with Gasteiger partial charge < -0.3 is 4.42 Å². The molecule has 2 aliphatic rings. The predicted octanol–water partition coefficient (Wildman–Crippen LogP) is 3.32. The second kappa shape index (κ2) is 3.60. The standard InChI is InChI=1S/C13H5F3O2/c14-9-7-5-6-3-1-2-4-8(6)18-13(7)11(16)12(17)10(9)15/h1-5H. The van der Waals surface area contributed by atoms with Gasteiger partial charge in [0.15, 0.2) is 11.6 Å². The SMILES string of the molecule is O=c1c(F)c2oc3ccccc3cc-2c(F)c1F. The van der Waals surface area contributed by atoms with Crippen LogP contribution in [0.5, 0.6) is 0 Å². The maximum Gasteiger partial charge on any atom is 0.256 e. The molecular formula is C13H5F3O2. The molecule has 0 spiro atoms. The Kier molecular flexibility index (Phi) is 2.16. The Hall–Kier alpha value is -2.30. The summed E-state index contributed by atoms with van der Waals surface area (Å²) >= 11 is 0. The first kappa shape index (κ1) is 10.8. The fraction of sp³-hybridized carbons (Fsp3) is 0. The molecule has 1 aromatic rings. The van der Waals surface area contributed by atoms with E-state index in [-0.39, 0.29) is 11.1 Å². The van der Waals surface area contributed by atoms with Gasteiger partial charge in [0.25, 0.3) is 5.43 Å². The van der Waals surface area contributed by atoms with Gasteiger partial charge in [0, 0.05) is 5.39 Å². The molecule has 0 N–H and O–H groups in total. The second-order valence-electron chi connectivity index (χ2n) is 3.80. The van der Waals surface area contributed by atoms with E-state index in [0.717, 1.165) is 0 Å². The van der Waals surface area contributed by atoms with E-state index in [0.29, 0.717) is 5.39 Å². The van der Waals surface area contributed by atoms with E-state index in [1.54, 1.807) is 24.3 Å². The summed E-state index contributed by atoms with van der Waals surface area (Å²) in [6.45, 7) is 0. The lowest BCUT2D eigenvalue weighted by atomic mass is 10.1. The monoisotopic (exact) mass is 250 g/mol. The molecule has 0 atom stereocenters. The van der Waals surface area contributed by atoms with Gasteiger partial charge in [-0.2, -0.15) is 8.78 Å². The molecule has 0 amide bonds. The Morgan fingerprint density at radius 1 is 0.944 bits per heavy atom. The average Bonchev–Trinajstić information content (AvgIpc) is 2.41.